The van der Waals surface area contributed by atoms with E-state index in [1.165, 1.54) is 17.4 Å². The molecule has 0 spiro atoms. The zero-order valence-electron chi connectivity index (χ0n) is 15.9. The van der Waals surface area contributed by atoms with Crippen LogP contribution >= 0.6 is 11.3 Å². The molecule has 1 N–H and O–H groups in total. The fraction of sp³-hybridized carbons (Fsp3) is 0.130. The Morgan fingerprint density at radius 3 is 2.47 bits per heavy atom. The van der Waals surface area contributed by atoms with Crippen molar-refractivity contribution in [1.82, 2.24) is 4.98 Å². The number of aromatic nitrogens is 1. The number of nitrogens with one attached hydrogen (secondary N) is 1. The molecule has 0 saturated carbocycles. The molecule has 1 aliphatic heterocycles. The average molecular weight is 419 g/mol. The summed E-state index contributed by atoms with van der Waals surface area (Å²) in [5.74, 6) is 0.998. The topological polar surface area (TPSA) is 54.5 Å². The molecule has 3 aromatic carbocycles. The third-order valence-corrected chi connectivity index (χ3v) is 6.06. The van der Waals surface area contributed by atoms with Gasteiger partial charge in [0.2, 0.25) is 5.91 Å². The molecule has 1 saturated heterocycles. The molecule has 4 aromatic rings. The Bertz CT molecular complexity index is 1190. The second-order valence-electron chi connectivity index (χ2n) is 7.11. The van der Waals surface area contributed by atoms with E-state index in [2.05, 4.69) is 10.3 Å². The molecule has 150 valence electrons. The second-order valence-corrected chi connectivity index (χ2v) is 8.12. The van der Waals surface area contributed by atoms with Crippen LogP contribution < -0.4 is 15.0 Å². The van der Waals surface area contributed by atoms with Gasteiger partial charge in [-0.3, -0.25) is 4.79 Å². The average Bonchev–Trinajstić information content (AvgIpc) is 3.14. The van der Waals surface area contributed by atoms with Crippen molar-refractivity contribution in [3.8, 4) is 11.5 Å². The molecule has 0 unspecified atom stereocenters. The second kappa shape index (κ2) is 7.76. The van der Waals surface area contributed by atoms with Crippen molar-refractivity contribution in [3.05, 3.63) is 78.6 Å². The minimum atomic E-state index is -0.315. The summed E-state index contributed by atoms with van der Waals surface area (Å²) in [6.45, 7) is 1.14. The monoisotopic (exact) mass is 419 g/mol. The van der Waals surface area contributed by atoms with E-state index in [4.69, 9.17) is 4.74 Å². The van der Waals surface area contributed by atoms with Gasteiger partial charge in [0.1, 0.15) is 22.8 Å². The highest BCUT2D eigenvalue weighted by molar-refractivity contribution is 7.22. The van der Waals surface area contributed by atoms with Crippen molar-refractivity contribution < 1.29 is 13.9 Å². The molecule has 30 heavy (non-hydrogen) atoms. The Kier molecular flexibility index (Phi) is 4.80. The molecule has 2 heterocycles. The third kappa shape index (κ3) is 3.71. The van der Waals surface area contributed by atoms with E-state index in [-0.39, 0.29) is 17.6 Å². The molecule has 0 aliphatic carbocycles. The molecule has 1 aromatic heterocycles. The Morgan fingerprint density at radius 1 is 1.00 bits per heavy atom. The van der Waals surface area contributed by atoms with Gasteiger partial charge in [0.25, 0.3) is 0 Å². The van der Waals surface area contributed by atoms with Crippen LogP contribution in [0, 0.1) is 11.7 Å². The molecule has 1 fully saturated rings. The van der Waals surface area contributed by atoms with E-state index < -0.39 is 0 Å². The number of halogens is 1. The first kappa shape index (κ1) is 18.6. The highest BCUT2D eigenvalue weighted by Crippen LogP contribution is 2.34. The number of para-hydroxylation sites is 2. The van der Waals surface area contributed by atoms with E-state index >= 15 is 0 Å². The fourth-order valence-electron chi connectivity index (χ4n) is 3.31. The summed E-state index contributed by atoms with van der Waals surface area (Å²) in [6, 6.07) is 21.8. The van der Waals surface area contributed by atoms with Crippen molar-refractivity contribution in [2.24, 2.45) is 5.92 Å². The number of amides is 1. The standard InChI is InChI=1S/C23H18FN3O2S/c24-19-7-4-8-20-21(19)26-23(30-20)27-13-15(14-27)22(28)25-16-9-11-18(12-10-16)29-17-5-2-1-3-6-17/h1-12,15H,13-14H2,(H,25,28). The first-order valence-electron chi connectivity index (χ1n) is 9.59. The van der Waals surface area contributed by atoms with Gasteiger partial charge in [0, 0.05) is 18.8 Å². The molecule has 1 aliphatic rings. The van der Waals surface area contributed by atoms with Gasteiger partial charge in [-0.2, -0.15) is 0 Å². The number of ether oxygens (including phenoxy) is 1. The van der Waals surface area contributed by atoms with E-state index in [0.717, 1.165) is 21.3 Å². The fourth-order valence-corrected chi connectivity index (χ4v) is 4.31. The van der Waals surface area contributed by atoms with Crippen molar-refractivity contribution in [3.63, 3.8) is 0 Å². The number of rotatable bonds is 5. The number of nitrogens with zero attached hydrogens (tertiary/aromatic N) is 2. The minimum absolute atomic E-state index is 0.0322. The van der Waals surface area contributed by atoms with Crippen molar-refractivity contribution in [2.45, 2.75) is 0 Å². The van der Waals surface area contributed by atoms with Crippen LogP contribution in [0.4, 0.5) is 15.2 Å². The normalized spacial score (nSPS) is 13.8. The molecule has 1 amide bonds. The van der Waals surface area contributed by atoms with Crippen LogP contribution in [0.25, 0.3) is 10.2 Å². The summed E-state index contributed by atoms with van der Waals surface area (Å²) in [5, 5.41) is 3.70. The molecule has 5 rings (SSSR count). The predicted molar refractivity (Wildman–Crippen MR) is 117 cm³/mol. The number of thiazole rings is 1. The number of fused-ring (bicyclic) bond motifs is 1. The number of benzene rings is 3. The quantitative estimate of drug-likeness (QED) is 0.477. The van der Waals surface area contributed by atoms with E-state index in [1.807, 2.05) is 65.6 Å². The zero-order valence-corrected chi connectivity index (χ0v) is 16.7. The number of hydrogen-bond donors (Lipinski definition) is 1. The summed E-state index contributed by atoms with van der Waals surface area (Å²) >= 11 is 1.44. The van der Waals surface area contributed by atoms with Crippen LogP contribution in [-0.4, -0.2) is 24.0 Å². The van der Waals surface area contributed by atoms with Crippen LogP contribution in [0.2, 0.25) is 0 Å². The van der Waals surface area contributed by atoms with Crippen LogP contribution in [0.15, 0.2) is 72.8 Å². The molecule has 0 atom stereocenters. The molecule has 5 nitrogen and oxygen atoms in total. The van der Waals surface area contributed by atoms with Crippen LogP contribution in [0.1, 0.15) is 0 Å². The SMILES string of the molecule is O=C(Nc1ccc(Oc2ccccc2)cc1)C1CN(c2nc3c(F)cccc3s2)C1. The van der Waals surface area contributed by atoms with Gasteiger partial charge in [-0.25, -0.2) is 9.37 Å². The molecule has 0 radical (unpaired) electrons. The Balaban J connectivity index is 1.17. The maximum absolute atomic E-state index is 13.8. The van der Waals surface area contributed by atoms with E-state index in [1.54, 1.807) is 6.07 Å². The van der Waals surface area contributed by atoms with E-state index in [9.17, 15) is 9.18 Å². The van der Waals surface area contributed by atoms with Gasteiger partial charge in [-0.05, 0) is 48.5 Å². The Hall–Kier alpha value is -3.45. The highest BCUT2D eigenvalue weighted by Gasteiger charge is 2.34. The Labute approximate surface area is 176 Å². The maximum atomic E-state index is 13.8. The highest BCUT2D eigenvalue weighted by atomic mass is 32.1. The predicted octanol–water partition coefficient (Wildman–Crippen LogP) is 5.30. The summed E-state index contributed by atoms with van der Waals surface area (Å²) in [7, 11) is 0. The summed E-state index contributed by atoms with van der Waals surface area (Å²) in [5.41, 5.74) is 1.11. The first-order chi connectivity index (χ1) is 14.7. The van der Waals surface area contributed by atoms with Crippen molar-refractivity contribution in [1.29, 1.82) is 0 Å². The lowest BCUT2D eigenvalue weighted by Crippen LogP contribution is -2.52. The molecule has 0 bridgehead atoms. The summed E-state index contributed by atoms with van der Waals surface area (Å²) in [6.07, 6.45) is 0. The molecule has 7 heteroatoms. The molecular weight excluding hydrogens is 401 g/mol. The Morgan fingerprint density at radius 2 is 1.73 bits per heavy atom. The largest absolute Gasteiger partial charge is 0.457 e. The summed E-state index contributed by atoms with van der Waals surface area (Å²) in [4.78, 5) is 18.9. The van der Waals surface area contributed by atoms with Gasteiger partial charge in [0.05, 0.1) is 10.6 Å². The van der Waals surface area contributed by atoms with Gasteiger partial charge >= 0.3 is 0 Å². The van der Waals surface area contributed by atoms with Gasteiger partial charge in [-0.1, -0.05) is 35.6 Å². The minimum Gasteiger partial charge on any atom is -0.457 e. The van der Waals surface area contributed by atoms with Gasteiger partial charge < -0.3 is 15.0 Å². The number of hydrogen-bond acceptors (Lipinski definition) is 5. The van der Waals surface area contributed by atoms with Crippen molar-refractivity contribution >= 4 is 38.3 Å². The maximum Gasteiger partial charge on any atom is 0.231 e. The van der Waals surface area contributed by atoms with Crippen molar-refractivity contribution in [2.75, 3.05) is 23.3 Å². The van der Waals surface area contributed by atoms with Crippen LogP contribution in [-0.2, 0) is 4.79 Å². The lowest BCUT2D eigenvalue weighted by Gasteiger charge is -2.37. The van der Waals surface area contributed by atoms with Crippen LogP contribution in [0.3, 0.4) is 0 Å². The number of carbonyl (C=O) groups excluding carboxylic acids is 1. The lowest BCUT2D eigenvalue weighted by atomic mass is 10.00. The first-order valence-corrected chi connectivity index (χ1v) is 10.4. The third-order valence-electron chi connectivity index (χ3n) is 4.98. The number of carbonyl (C=O) groups is 1. The van der Waals surface area contributed by atoms with Gasteiger partial charge in [-0.15, -0.1) is 0 Å². The summed E-state index contributed by atoms with van der Waals surface area (Å²) < 4.78 is 20.4. The number of anilines is 2. The van der Waals surface area contributed by atoms with Crippen LogP contribution in [0.5, 0.6) is 11.5 Å². The van der Waals surface area contributed by atoms with E-state index in [0.29, 0.717) is 24.4 Å². The lowest BCUT2D eigenvalue weighted by molar-refractivity contribution is -0.120. The van der Waals surface area contributed by atoms with Gasteiger partial charge in [0.15, 0.2) is 5.13 Å². The zero-order chi connectivity index (χ0) is 20.5. The smallest absolute Gasteiger partial charge is 0.231 e. The molecular formula is C23H18FN3O2S.